The molecule has 0 bridgehead atoms. The van der Waals surface area contributed by atoms with Crippen molar-refractivity contribution in [2.75, 3.05) is 13.7 Å². The molecule has 5 heteroatoms. The van der Waals surface area contributed by atoms with E-state index in [9.17, 15) is 9.59 Å². The van der Waals surface area contributed by atoms with Crippen molar-refractivity contribution in [2.24, 2.45) is 5.92 Å². The van der Waals surface area contributed by atoms with Gasteiger partial charge in [0, 0.05) is 13.2 Å². The van der Waals surface area contributed by atoms with Crippen LogP contribution in [0.3, 0.4) is 0 Å². The van der Waals surface area contributed by atoms with Crippen LogP contribution in [0.4, 0.5) is 4.79 Å². The van der Waals surface area contributed by atoms with Crippen molar-refractivity contribution in [2.45, 2.75) is 31.4 Å². The highest BCUT2D eigenvalue weighted by Crippen LogP contribution is 2.31. The van der Waals surface area contributed by atoms with Crippen molar-refractivity contribution in [1.82, 2.24) is 10.2 Å². The fourth-order valence-corrected chi connectivity index (χ4v) is 3.29. The number of carbonyl (C=O) groups excluding carboxylic acids is 2. The number of imide groups is 1. The van der Waals surface area contributed by atoms with Crippen LogP contribution >= 0.6 is 0 Å². The molecule has 0 spiro atoms. The lowest BCUT2D eigenvalue weighted by Gasteiger charge is -2.35. The third kappa shape index (κ3) is 2.65. The van der Waals surface area contributed by atoms with E-state index in [1.807, 2.05) is 30.3 Å². The van der Waals surface area contributed by atoms with Crippen LogP contribution in [0.15, 0.2) is 30.3 Å². The number of fused-ring (bicyclic) bond motifs is 1. The van der Waals surface area contributed by atoms with Gasteiger partial charge >= 0.3 is 6.03 Å². The number of urea groups is 1. The summed E-state index contributed by atoms with van der Waals surface area (Å²) >= 11 is 0. The summed E-state index contributed by atoms with van der Waals surface area (Å²) in [6.07, 6.45) is 2.48. The third-order valence-electron chi connectivity index (χ3n) is 4.46. The third-order valence-corrected chi connectivity index (χ3v) is 4.46. The molecule has 0 aromatic heterocycles. The average molecular weight is 288 g/mol. The summed E-state index contributed by atoms with van der Waals surface area (Å²) in [5, 5.41) is 2.95. The Morgan fingerprint density at radius 2 is 2.05 bits per heavy atom. The Bertz CT molecular complexity index is 532. The van der Waals surface area contributed by atoms with E-state index < -0.39 is 0 Å². The van der Waals surface area contributed by atoms with Gasteiger partial charge in [-0.3, -0.25) is 9.69 Å². The number of ether oxygens (including phenoxy) is 1. The van der Waals surface area contributed by atoms with E-state index in [2.05, 4.69) is 5.32 Å². The Kier molecular flexibility index (Phi) is 3.92. The van der Waals surface area contributed by atoms with Gasteiger partial charge in [-0.1, -0.05) is 36.8 Å². The van der Waals surface area contributed by atoms with E-state index in [4.69, 9.17) is 4.74 Å². The minimum absolute atomic E-state index is 0.0268. The molecule has 3 rings (SSSR count). The van der Waals surface area contributed by atoms with Crippen LogP contribution in [0.1, 0.15) is 30.9 Å². The number of amides is 3. The number of benzene rings is 1. The van der Waals surface area contributed by atoms with Gasteiger partial charge in [0.2, 0.25) is 5.91 Å². The maximum atomic E-state index is 12.5. The molecule has 1 heterocycles. The molecule has 1 aliphatic carbocycles. The molecule has 0 radical (unpaired) electrons. The second-order valence-corrected chi connectivity index (χ2v) is 5.68. The summed E-state index contributed by atoms with van der Waals surface area (Å²) in [5.74, 6) is -0.116. The summed E-state index contributed by atoms with van der Waals surface area (Å²) in [5.41, 5.74) is 0.967. The lowest BCUT2D eigenvalue weighted by Crippen LogP contribution is -2.59. The summed E-state index contributed by atoms with van der Waals surface area (Å²) in [6, 6.07) is 9.40. The smallest absolute Gasteiger partial charge is 0.324 e. The van der Waals surface area contributed by atoms with Gasteiger partial charge in [-0.15, -0.1) is 0 Å². The number of hydrogen-bond acceptors (Lipinski definition) is 3. The number of nitrogens with one attached hydrogen (secondary N) is 1. The van der Waals surface area contributed by atoms with Crippen LogP contribution in [0.2, 0.25) is 0 Å². The Balaban J connectivity index is 1.76. The lowest BCUT2D eigenvalue weighted by molar-refractivity contribution is -0.136. The number of methoxy groups -OCH3 is 1. The first-order valence-corrected chi connectivity index (χ1v) is 7.40. The summed E-state index contributed by atoms with van der Waals surface area (Å²) in [7, 11) is 1.60. The van der Waals surface area contributed by atoms with Crippen LogP contribution < -0.4 is 5.32 Å². The minimum atomic E-state index is -0.293. The molecular weight excluding hydrogens is 268 g/mol. The number of rotatable bonds is 4. The molecule has 1 aliphatic heterocycles. The van der Waals surface area contributed by atoms with Crippen LogP contribution in [0.25, 0.3) is 0 Å². The van der Waals surface area contributed by atoms with Gasteiger partial charge < -0.3 is 10.1 Å². The van der Waals surface area contributed by atoms with Crippen LogP contribution in [-0.4, -0.2) is 36.5 Å². The first-order valence-electron chi connectivity index (χ1n) is 7.40. The lowest BCUT2D eigenvalue weighted by atomic mass is 9.99. The molecule has 1 saturated carbocycles. The largest absolute Gasteiger partial charge is 0.375 e. The first-order chi connectivity index (χ1) is 10.2. The fourth-order valence-electron chi connectivity index (χ4n) is 3.29. The standard InChI is InChI=1S/C16H20N2O3/c1-21-14(11-6-3-2-4-7-11)10-18-15(19)12-8-5-9-13(12)17-16(18)20/h2-4,6-7,12-14H,5,8-10H2,1H3,(H,17,20)/t12-,13+,14?/m0/s1. The van der Waals surface area contributed by atoms with Gasteiger partial charge in [0.1, 0.15) is 6.10 Å². The molecule has 5 nitrogen and oxygen atoms in total. The highest BCUT2D eigenvalue weighted by molar-refractivity contribution is 5.98. The van der Waals surface area contributed by atoms with Gasteiger partial charge in [-0.05, 0) is 18.4 Å². The van der Waals surface area contributed by atoms with E-state index in [1.54, 1.807) is 7.11 Å². The average Bonchev–Trinajstić information content (AvgIpc) is 2.96. The zero-order chi connectivity index (χ0) is 14.8. The Morgan fingerprint density at radius 3 is 2.76 bits per heavy atom. The molecule has 21 heavy (non-hydrogen) atoms. The van der Waals surface area contributed by atoms with E-state index in [1.165, 1.54) is 4.90 Å². The van der Waals surface area contributed by atoms with Crippen LogP contribution in [0.5, 0.6) is 0 Å². The molecule has 1 saturated heterocycles. The Hall–Kier alpha value is -1.88. The number of hydrogen-bond donors (Lipinski definition) is 1. The molecule has 1 aromatic rings. The summed E-state index contributed by atoms with van der Waals surface area (Å²) in [6.45, 7) is 0.258. The maximum Gasteiger partial charge on any atom is 0.324 e. The van der Waals surface area contributed by atoms with Gasteiger partial charge in [-0.25, -0.2) is 4.79 Å². The normalized spacial score (nSPS) is 26.4. The zero-order valence-corrected chi connectivity index (χ0v) is 12.1. The molecule has 1 unspecified atom stereocenters. The molecule has 2 aliphatic rings. The minimum Gasteiger partial charge on any atom is -0.375 e. The van der Waals surface area contributed by atoms with Gasteiger partial charge in [0.15, 0.2) is 0 Å². The van der Waals surface area contributed by atoms with Gasteiger partial charge in [-0.2, -0.15) is 0 Å². The molecule has 112 valence electrons. The second kappa shape index (κ2) is 5.85. The predicted octanol–water partition coefficient (Wildman–Crippen LogP) is 2.09. The SMILES string of the molecule is COC(CN1C(=O)N[C@@H]2CCC[C@@H]2C1=O)c1ccccc1. The van der Waals surface area contributed by atoms with E-state index in [-0.39, 0.29) is 36.5 Å². The Labute approximate surface area is 124 Å². The first kappa shape index (κ1) is 14.1. The van der Waals surface area contributed by atoms with Gasteiger partial charge in [0.25, 0.3) is 0 Å². The summed E-state index contributed by atoms with van der Waals surface area (Å²) < 4.78 is 5.47. The fraction of sp³-hybridized carbons (Fsp3) is 0.500. The van der Waals surface area contributed by atoms with E-state index in [0.717, 1.165) is 24.8 Å². The maximum absolute atomic E-state index is 12.5. The highest BCUT2D eigenvalue weighted by atomic mass is 16.5. The molecule has 1 aromatic carbocycles. The predicted molar refractivity (Wildman–Crippen MR) is 77.6 cm³/mol. The van der Waals surface area contributed by atoms with Crippen molar-refractivity contribution in [1.29, 1.82) is 0 Å². The van der Waals surface area contributed by atoms with Gasteiger partial charge in [0.05, 0.1) is 12.5 Å². The van der Waals surface area contributed by atoms with Crippen molar-refractivity contribution in [3.8, 4) is 0 Å². The van der Waals surface area contributed by atoms with E-state index >= 15 is 0 Å². The number of carbonyl (C=O) groups is 2. The highest BCUT2D eigenvalue weighted by Gasteiger charge is 2.43. The molecule has 3 atom stereocenters. The quantitative estimate of drug-likeness (QED) is 0.923. The second-order valence-electron chi connectivity index (χ2n) is 5.68. The van der Waals surface area contributed by atoms with Crippen LogP contribution in [-0.2, 0) is 9.53 Å². The molecular formula is C16H20N2O3. The molecule has 1 N–H and O–H groups in total. The molecule has 3 amide bonds. The van der Waals surface area contributed by atoms with Crippen molar-refractivity contribution in [3.63, 3.8) is 0 Å². The molecule has 2 fully saturated rings. The monoisotopic (exact) mass is 288 g/mol. The topological polar surface area (TPSA) is 58.6 Å². The Morgan fingerprint density at radius 1 is 1.29 bits per heavy atom. The summed E-state index contributed by atoms with van der Waals surface area (Å²) in [4.78, 5) is 26.0. The van der Waals surface area contributed by atoms with Crippen molar-refractivity contribution in [3.05, 3.63) is 35.9 Å². The van der Waals surface area contributed by atoms with Crippen LogP contribution in [0, 0.1) is 5.92 Å². The van der Waals surface area contributed by atoms with Crippen molar-refractivity contribution < 1.29 is 14.3 Å². The van der Waals surface area contributed by atoms with E-state index in [0.29, 0.717) is 0 Å². The zero-order valence-electron chi connectivity index (χ0n) is 12.1. The number of nitrogens with zero attached hydrogens (tertiary/aromatic N) is 1. The van der Waals surface area contributed by atoms with Crippen molar-refractivity contribution >= 4 is 11.9 Å².